The Morgan fingerprint density at radius 1 is 1.16 bits per heavy atom. The van der Waals surface area contributed by atoms with Crippen LogP contribution in [0.4, 0.5) is 4.79 Å². The summed E-state index contributed by atoms with van der Waals surface area (Å²) in [6.45, 7) is 5.26. The van der Waals surface area contributed by atoms with Crippen LogP contribution in [0.2, 0.25) is 0 Å². The summed E-state index contributed by atoms with van der Waals surface area (Å²) < 4.78 is 6.60. The van der Waals surface area contributed by atoms with Gasteiger partial charge < -0.3 is 14.8 Å². The van der Waals surface area contributed by atoms with Crippen LogP contribution in [0.15, 0.2) is 48.7 Å². The number of carbonyl (C=O) groups is 1. The molecule has 6 nitrogen and oxygen atoms in total. The molecule has 1 aromatic carbocycles. The van der Waals surface area contributed by atoms with Crippen LogP contribution in [0.1, 0.15) is 20.8 Å². The second-order valence-electron chi connectivity index (χ2n) is 6.71. The zero-order valence-electron chi connectivity index (χ0n) is 14.3. The minimum absolute atomic E-state index is 0.0487. The summed E-state index contributed by atoms with van der Waals surface area (Å²) in [5, 5.41) is 20.1. The highest BCUT2D eigenvalue weighted by Gasteiger charge is 2.27. The Kier molecular flexibility index (Phi) is 4.37. The molecule has 0 saturated heterocycles. The van der Waals surface area contributed by atoms with Gasteiger partial charge in [0.25, 0.3) is 0 Å². The quantitative estimate of drug-likeness (QED) is 0.700. The van der Waals surface area contributed by atoms with Gasteiger partial charge in [-0.25, -0.2) is 4.79 Å². The van der Waals surface area contributed by atoms with Gasteiger partial charge in [-0.15, -0.1) is 0 Å². The van der Waals surface area contributed by atoms with Crippen molar-refractivity contribution in [2.45, 2.75) is 26.4 Å². The van der Waals surface area contributed by atoms with Crippen LogP contribution in [0.25, 0.3) is 22.2 Å². The molecular formula is C18H19BN2O4. The first-order valence-electron chi connectivity index (χ1n) is 7.93. The van der Waals surface area contributed by atoms with E-state index in [1.165, 1.54) is 4.57 Å². The van der Waals surface area contributed by atoms with Gasteiger partial charge in [0.1, 0.15) is 5.60 Å². The summed E-state index contributed by atoms with van der Waals surface area (Å²) in [4.78, 5) is 16.9. The van der Waals surface area contributed by atoms with Crippen LogP contribution in [0.5, 0.6) is 0 Å². The molecule has 0 saturated carbocycles. The topological polar surface area (TPSA) is 84.6 Å². The van der Waals surface area contributed by atoms with Gasteiger partial charge in [-0.3, -0.25) is 9.55 Å². The summed E-state index contributed by atoms with van der Waals surface area (Å²) in [5.74, 6) is 0. The molecule has 0 aliphatic heterocycles. The van der Waals surface area contributed by atoms with E-state index in [4.69, 9.17) is 4.74 Å². The normalized spacial score (nSPS) is 11.6. The summed E-state index contributed by atoms with van der Waals surface area (Å²) in [5.41, 5.74) is 1.40. The fourth-order valence-corrected chi connectivity index (χ4v) is 2.70. The minimum Gasteiger partial charge on any atom is -0.443 e. The van der Waals surface area contributed by atoms with Crippen LogP contribution in [-0.4, -0.2) is 38.4 Å². The lowest BCUT2D eigenvalue weighted by Crippen LogP contribution is -2.40. The molecule has 0 aliphatic carbocycles. The van der Waals surface area contributed by atoms with Crippen molar-refractivity contribution in [3.63, 3.8) is 0 Å². The summed E-state index contributed by atoms with van der Waals surface area (Å²) >= 11 is 0. The highest BCUT2D eigenvalue weighted by atomic mass is 16.6. The largest absolute Gasteiger partial charge is 0.506 e. The maximum absolute atomic E-state index is 12.6. The summed E-state index contributed by atoms with van der Waals surface area (Å²) in [7, 11) is -1.81. The lowest BCUT2D eigenvalue weighted by atomic mass is 9.86. The Morgan fingerprint density at radius 2 is 1.92 bits per heavy atom. The van der Waals surface area contributed by atoms with Crippen molar-refractivity contribution in [1.29, 1.82) is 0 Å². The van der Waals surface area contributed by atoms with Crippen molar-refractivity contribution in [3.05, 3.63) is 48.7 Å². The molecule has 2 N–H and O–H groups in total. The number of hydrogen-bond donors (Lipinski definition) is 2. The first kappa shape index (κ1) is 17.2. The number of pyridine rings is 1. The molecule has 128 valence electrons. The fraction of sp³-hybridized carbons (Fsp3) is 0.222. The average Bonchev–Trinajstić information content (AvgIpc) is 2.94. The third-order valence-corrected chi connectivity index (χ3v) is 3.66. The number of nitrogens with zero attached hydrogens (tertiary/aromatic N) is 2. The van der Waals surface area contributed by atoms with Crippen molar-refractivity contribution >= 4 is 29.7 Å². The average molecular weight is 338 g/mol. The molecule has 7 heteroatoms. The van der Waals surface area contributed by atoms with Gasteiger partial charge in [0.2, 0.25) is 0 Å². The van der Waals surface area contributed by atoms with E-state index in [-0.39, 0.29) is 5.59 Å². The Morgan fingerprint density at radius 3 is 2.52 bits per heavy atom. The first-order chi connectivity index (χ1) is 11.8. The molecule has 25 heavy (non-hydrogen) atoms. The molecule has 0 spiro atoms. The van der Waals surface area contributed by atoms with Gasteiger partial charge in [0, 0.05) is 17.1 Å². The van der Waals surface area contributed by atoms with E-state index < -0.39 is 18.8 Å². The lowest BCUT2D eigenvalue weighted by Gasteiger charge is -2.21. The lowest BCUT2D eigenvalue weighted by molar-refractivity contribution is 0.0547. The molecule has 0 fully saturated rings. The molecule has 0 atom stereocenters. The second kappa shape index (κ2) is 6.35. The fourth-order valence-electron chi connectivity index (χ4n) is 2.70. The maximum Gasteiger partial charge on any atom is 0.506 e. The van der Waals surface area contributed by atoms with Crippen molar-refractivity contribution in [1.82, 2.24) is 9.55 Å². The van der Waals surface area contributed by atoms with E-state index >= 15 is 0 Å². The number of benzene rings is 1. The van der Waals surface area contributed by atoms with Crippen molar-refractivity contribution in [2.24, 2.45) is 0 Å². The van der Waals surface area contributed by atoms with Gasteiger partial charge in [-0.05, 0) is 45.0 Å². The highest BCUT2D eigenvalue weighted by Crippen LogP contribution is 2.28. The SMILES string of the molecule is CC(C)(C)OC(=O)n1c(B(O)O)cc2c(-c3ccccn3)cccc21. The van der Waals surface area contributed by atoms with Gasteiger partial charge in [0.05, 0.1) is 16.8 Å². The van der Waals surface area contributed by atoms with E-state index in [9.17, 15) is 14.8 Å². The van der Waals surface area contributed by atoms with Crippen molar-refractivity contribution in [2.75, 3.05) is 0 Å². The molecule has 0 unspecified atom stereocenters. The number of rotatable bonds is 2. The monoisotopic (exact) mass is 338 g/mol. The van der Waals surface area contributed by atoms with E-state index in [2.05, 4.69) is 4.98 Å². The standard InChI is InChI=1S/C18H19BN2O4/c1-18(2,3)25-17(22)21-15-9-6-7-12(14-8-4-5-10-20-14)13(15)11-16(21)19(23)24/h4-11,23-24H,1-3H3. The number of hydrogen-bond acceptors (Lipinski definition) is 5. The minimum atomic E-state index is -1.81. The van der Waals surface area contributed by atoms with Gasteiger partial charge in [-0.1, -0.05) is 18.2 Å². The Hall–Kier alpha value is -2.64. The Balaban J connectivity index is 2.23. The third kappa shape index (κ3) is 3.43. The maximum atomic E-state index is 12.6. The zero-order valence-corrected chi connectivity index (χ0v) is 14.3. The van der Waals surface area contributed by atoms with Crippen LogP contribution in [0, 0.1) is 0 Å². The summed E-state index contributed by atoms with van der Waals surface area (Å²) in [6, 6.07) is 12.5. The molecule has 0 bridgehead atoms. The third-order valence-electron chi connectivity index (χ3n) is 3.66. The smallest absolute Gasteiger partial charge is 0.443 e. The van der Waals surface area contributed by atoms with Crippen LogP contribution < -0.4 is 5.59 Å². The van der Waals surface area contributed by atoms with Gasteiger partial charge >= 0.3 is 13.2 Å². The van der Waals surface area contributed by atoms with E-state index in [0.29, 0.717) is 10.9 Å². The Bertz CT molecular complexity index is 914. The molecule has 0 radical (unpaired) electrons. The number of ether oxygens (including phenoxy) is 1. The molecule has 2 heterocycles. The molecule has 2 aromatic heterocycles. The summed E-state index contributed by atoms with van der Waals surface area (Å²) in [6.07, 6.45) is 1.02. The number of aromatic nitrogens is 2. The second-order valence-corrected chi connectivity index (χ2v) is 6.71. The van der Waals surface area contributed by atoms with Crippen molar-refractivity contribution < 1.29 is 19.6 Å². The molecular weight excluding hydrogens is 319 g/mol. The van der Waals surface area contributed by atoms with E-state index in [1.54, 1.807) is 45.2 Å². The van der Waals surface area contributed by atoms with Crippen LogP contribution in [-0.2, 0) is 4.74 Å². The predicted octanol–water partition coefficient (Wildman–Crippen LogP) is 2.17. The molecule has 0 aliphatic rings. The predicted molar refractivity (Wildman–Crippen MR) is 96.6 cm³/mol. The zero-order chi connectivity index (χ0) is 18.2. The highest BCUT2D eigenvalue weighted by molar-refractivity contribution is 6.59. The Labute approximate surface area is 145 Å². The molecule has 3 aromatic rings. The van der Waals surface area contributed by atoms with Crippen molar-refractivity contribution in [3.8, 4) is 11.3 Å². The number of carbonyl (C=O) groups excluding carboxylic acids is 1. The van der Waals surface area contributed by atoms with Crippen LogP contribution in [0.3, 0.4) is 0 Å². The molecule has 0 amide bonds. The van der Waals surface area contributed by atoms with Crippen LogP contribution >= 0.6 is 0 Å². The van der Waals surface area contributed by atoms with Gasteiger partial charge in [-0.2, -0.15) is 0 Å². The van der Waals surface area contributed by atoms with E-state index in [1.807, 2.05) is 24.3 Å². The van der Waals surface area contributed by atoms with E-state index in [0.717, 1.165) is 11.3 Å². The van der Waals surface area contributed by atoms with Gasteiger partial charge in [0.15, 0.2) is 0 Å². The number of fused-ring (bicyclic) bond motifs is 1. The molecule has 3 rings (SSSR count). The first-order valence-corrected chi connectivity index (χ1v) is 7.93.